The van der Waals surface area contributed by atoms with Crippen LogP contribution in [-0.2, 0) is 11.3 Å². The SMILES string of the molecule is CC(C)(C)[C@H](NCc1cccnc1)C(N)=O. The fourth-order valence-corrected chi connectivity index (χ4v) is 1.56. The molecule has 0 aliphatic carbocycles. The third-order valence-electron chi connectivity index (χ3n) is 2.38. The van der Waals surface area contributed by atoms with E-state index in [2.05, 4.69) is 10.3 Å². The number of primary amides is 1. The number of nitrogens with two attached hydrogens (primary N) is 1. The monoisotopic (exact) mass is 221 g/mol. The average molecular weight is 221 g/mol. The van der Waals surface area contributed by atoms with Crippen LogP contribution in [0.5, 0.6) is 0 Å². The third-order valence-corrected chi connectivity index (χ3v) is 2.38. The molecular formula is C12H19N3O. The summed E-state index contributed by atoms with van der Waals surface area (Å²) in [7, 11) is 0. The van der Waals surface area contributed by atoms with Gasteiger partial charge in [0.15, 0.2) is 0 Å². The summed E-state index contributed by atoms with van der Waals surface area (Å²) in [5.41, 5.74) is 6.22. The van der Waals surface area contributed by atoms with Crippen molar-refractivity contribution in [3.63, 3.8) is 0 Å². The molecule has 1 aromatic heterocycles. The van der Waals surface area contributed by atoms with E-state index >= 15 is 0 Å². The Labute approximate surface area is 96.3 Å². The van der Waals surface area contributed by atoms with Crippen LogP contribution in [0, 0.1) is 5.41 Å². The molecule has 1 amide bonds. The Hall–Kier alpha value is -1.42. The minimum absolute atomic E-state index is 0.186. The molecule has 0 spiro atoms. The van der Waals surface area contributed by atoms with E-state index < -0.39 is 0 Å². The molecule has 0 fully saturated rings. The number of nitrogens with zero attached hydrogens (tertiary/aromatic N) is 1. The van der Waals surface area contributed by atoms with Crippen molar-refractivity contribution < 1.29 is 4.79 Å². The molecule has 0 bridgehead atoms. The van der Waals surface area contributed by atoms with E-state index in [4.69, 9.17) is 5.73 Å². The van der Waals surface area contributed by atoms with Crippen LogP contribution in [0.4, 0.5) is 0 Å². The van der Waals surface area contributed by atoms with Gasteiger partial charge in [-0.2, -0.15) is 0 Å². The van der Waals surface area contributed by atoms with E-state index in [1.807, 2.05) is 32.9 Å². The zero-order chi connectivity index (χ0) is 12.2. The van der Waals surface area contributed by atoms with Crippen molar-refractivity contribution in [3.8, 4) is 0 Å². The van der Waals surface area contributed by atoms with E-state index in [0.29, 0.717) is 6.54 Å². The second-order valence-corrected chi connectivity index (χ2v) is 4.94. The number of carbonyl (C=O) groups excluding carboxylic acids is 1. The van der Waals surface area contributed by atoms with Crippen molar-refractivity contribution in [2.75, 3.05) is 0 Å². The highest BCUT2D eigenvalue weighted by atomic mass is 16.1. The summed E-state index contributed by atoms with van der Waals surface area (Å²) in [5, 5.41) is 3.16. The second kappa shape index (κ2) is 5.07. The Morgan fingerprint density at radius 1 is 1.56 bits per heavy atom. The Kier molecular flexibility index (Phi) is 4.01. The lowest BCUT2D eigenvalue weighted by atomic mass is 9.86. The van der Waals surface area contributed by atoms with Gasteiger partial charge in [-0.3, -0.25) is 9.78 Å². The Bertz CT molecular complexity index is 343. The van der Waals surface area contributed by atoms with E-state index in [-0.39, 0.29) is 17.4 Å². The van der Waals surface area contributed by atoms with Crippen LogP contribution >= 0.6 is 0 Å². The molecule has 0 saturated heterocycles. The molecule has 1 heterocycles. The first kappa shape index (κ1) is 12.6. The smallest absolute Gasteiger partial charge is 0.235 e. The lowest BCUT2D eigenvalue weighted by molar-refractivity contribution is -0.122. The largest absolute Gasteiger partial charge is 0.368 e. The number of nitrogens with one attached hydrogen (secondary N) is 1. The van der Waals surface area contributed by atoms with Gasteiger partial charge in [0.1, 0.15) is 0 Å². The number of hydrogen-bond acceptors (Lipinski definition) is 3. The average Bonchev–Trinajstić information content (AvgIpc) is 2.17. The van der Waals surface area contributed by atoms with Crippen molar-refractivity contribution in [1.29, 1.82) is 0 Å². The van der Waals surface area contributed by atoms with Gasteiger partial charge in [-0.05, 0) is 17.0 Å². The summed E-state index contributed by atoms with van der Waals surface area (Å²) < 4.78 is 0. The summed E-state index contributed by atoms with van der Waals surface area (Å²) in [6.45, 7) is 6.55. The minimum atomic E-state index is -0.340. The fraction of sp³-hybridized carbons (Fsp3) is 0.500. The second-order valence-electron chi connectivity index (χ2n) is 4.94. The van der Waals surface area contributed by atoms with Gasteiger partial charge >= 0.3 is 0 Å². The lowest BCUT2D eigenvalue weighted by Crippen LogP contribution is -2.49. The number of carbonyl (C=O) groups is 1. The normalized spacial score (nSPS) is 13.4. The van der Waals surface area contributed by atoms with Crippen molar-refractivity contribution in [1.82, 2.24) is 10.3 Å². The van der Waals surface area contributed by atoms with Crippen molar-refractivity contribution in [3.05, 3.63) is 30.1 Å². The number of amides is 1. The number of hydrogen-bond donors (Lipinski definition) is 2. The van der Waals surface area contributed by atoms with Crippen LogP contribution < -0.4 is 11.1 Å². The lowest BCUT2D eigenvalue weighted by Gasteiger charge is -2.28. The minimum Gasteiger partial charge on any atom is -0.368 e. The number of pyridine rings is 1. The molecule has 0 aliphatic rings. The fourth-order valence-electron chi connectivity index (χ4n) is 1.56. The summed E-state index contributed by atoms with van der Waals surface area (Å²) in [6.07, 6.45) is 3.49. The number of aromatic nitrogens is 1. The van der Waals surface area contributed by atoms with Gasteiger partial charge in [0.2, 0.25) is 5.91 Å². The number of rotatable bonds is 4. The highest BCUT2D eigenvalue weighted by Crippen LogP contribution is 2.19. The summed E-state index contributed by atoms with van der Waals surface area (Å²) in [5.74, 6) is -0.323. The van der Waals surface area contributed by atoms with E-state index in [9.17, 15) is 4.79 Å². The van der Waals surface area contributed by atoms with Gasteiger partial charge < -0.3 is 11.1 Å². The zero-order valence-corrected chi connectivity index (χ0v) is 10.0. The molecule has 1 atom stereocenters. The molecule has 1 rings (SSSR count). The molecule has 16 heavy (non-hydrogen) atoms. The molecule has 4 heteroatoms. The van der Waals surface area contributed by atoms with Crippen LogP contribution in [0.15, 0.2) is 24.5 Å². The molecule has 88 valence electrons. The van der Waals surface area contributed by atoms with Gasteiger partial charge in [-0.25, -0.2) is 0 Å². The molecule has 0 saturated carbocycles. The van der Waals surface area contributed by atoms with Gasteiger partial charge in [-0.1, -0.05) is 26.8 Å². The molecule has 0 aliphatic heterocycles. The highest BCUT2D eigenvalue weighted by molar-refractivity contribution is 5.80. The topological polar surface area (TPSA) is 68.0 Å². The summed E-state index contributed by atoms with van der Waals surface area (Å²) in [6, 6.07) is 3.49. The first-order valence-electron chi connectivity index (χ1n) is 5.33. The molecule has 3 N–H and O–H groups in total. The molecule has 0 aromatic carbocycles. The molecule has 1 aromatic rings. The van der Waals surface area contributed by atoms with Crippen LogP contribution in [0.2, 0.25) is 0 Å². The van der Waals surface area contributed by atoms with E-state index in [1.54, 1.807) is 12.4 Å². The molecular weight excluding hydrogens is 202 g/mol. The van der Waals surface area contributed by atoms with Crippen LogP contribution in [0.25, 0.3) is 0 Å². The molecule has 0 radical (unpaired) electrons. The standard InChI is InChI=1S/C12H19N3O/c1-12(2,3)10(11(13)16)15-8-9-5-4-6-14-7-9/h4-7,10,15H,8H2,1-3H3,(H2,13,16)/t10-/m1/s1. The zero-order valence-electron chi connectivity index (χ0n) is 10.0. The predicted molar refractivity (Wildman–Crippen MR) is 63.5 cm³/mol. The van der Waals surface area contributed by atoms with Crippen molar-refractivity contribution in [2.45, 2.75) is 33.4 Å². The van der Waals surface area contributed by atoms with Crippen molar-refractivity contribution >= 4 is 5.91 Å². The van der Waals surface area contributed by atoms with Crippen LogP contribution in [0.3, 0.4) is 0 Å². The van der Waals surface area contributed by atoms with Gasteiger partial charge in [0.25, 0.3) is 0 Å². The Morgan fingerprint density at radius 3 is 2.69 bits per heavy atom. The molecule has 0 unspecified atom stereocenters. The van der Waals surface area contributed by atoms with Crippen LogP contribution in [0.1, 0.15) is 26.3 Å². The maximum absolute atomic E-state index is 11.3. The first-order chi connectivity index (χ1) is 7.41. The predicted octanol–water partition coefficient (Wildman–Crippen LogP) is 1.07. The van der Waals surface area contributed by atoms with E-state index in [1.165, 1.54) is 0 Å². The maximum atomic E-state index is 11.3. The Balaban J connectivity index is 2.62. The summed E-state index contributed by atoms with van der Waals surface area (Å²) >= 11 is 0. The quantitative estimate of drug-likeness (QED) is 0.799. The van der Waals surface area contributed by atoms with Crippen LogP contribution in [-0.4, -0.2) is 16.9 Å². The highest BCUT2D eigenvalue weighted by Gasteiger charge is 2.28. The third kappa shape index (κ3) is 3.62. The first-order valence-corrected chi connectivity index (χ1v) is 5.33. The maximum Gasteiger partial charge on any atom is 0.235 e. The van der Waals surface area contributed by atoms with E-state index in [0.717, 1.165) is 5.56 Å². The summed E-state index contributed by atoms with van der Waals surface area (Å²) in [4.78, 5) is 15.3. The van der Waals surface area contributed by atoms with Gasteiger partial charge in [-0.15, -0.1) is 0 Å². The van der Waals surface area contributed by atoms with Gasteiger partial charge in [0, 0.05) is 18.9 Å². The Morgan fingerprint density at radius 2 is 2.25 bits per heavy atom. The van der Waals surface area contributed by atoms with Gasteiger partial charge in [0.05, 0.1) is 6.04 Å². The van der Waals surface area contributed by atoms with Crippen molar-refractivity contribution in [2.24, 2.45) is 11.1 Å². The molecule has 4 nitrogen and oxygen atoms in total.